The summed E-state index contributed by atoms with van der Waals surface area (Å²) < 4.78 is 0. The predicted molar refractivity (Wildman–Crippen MR) is 80.4 cm³/mol. The van der Waals surface area contributed by atoms with Crippen molar-refractivity contribution in [1.29, 1.82) is 0 Å². The molecule has 0 saturated heterocycles. The van der Waals surface area contributed by atoms with Gasteiger partial charge in [0.15, 0.2) is 0 Å². The van der Waals surface area contributed by atoms with E-state index in [4.69, 9.17) is 46.4 Å². The van der Waals surface area contributed by atoms with Gasteiger partial charge in [0, 0.05) is 41.4 Å². The third kappa shape index (κ3) is 6.95. The molecule has 0 radical (unpaired) electrons. The Morgan fingerprint density at radius 1 is 0.882 bits per heavy atom. The zero-order chi connectivity index (χ0) is 12.0. The highest BCUT2D eigenvalue weighted by Gasteiger charge is 2.06. The predicted octanol–water partition coefficient (Wildman–Crippen LogP) is 4.69. The van der Waals surface area contributed by atoms with Gasteiger partial charge in [-0.15, -0.1) is 35.6 Å². The number of hydrogen-bond donors (Lipinski definition) is 0. The molecule has 0 bridgehead atoms. The first-order chi connectivity index (χ1) is 7.65. The quantitative estimate of drug-likeness (QED) is 0.680. The van der Waals surface area contributed by atoms with Crippen LogP contribution >= 0.6 is 58.8 Å². The van der Waals surface area contributed by atoms with Crippen LogP contribution in [0.3, 0.4) is 0 Å². The summed E-state index contributed by atoms with van der Waals surface area (Å²) in [4.78, 5) is 2.17. The van der Waals surface area contributed by atoms with Gasteiger partial charge in [-0.1, -0.05) is 23.2 Å². The van der Waals surface area contributed by atoms with Crippen LogP contribution in [0.1, 0.15) is 5.56 Å². The fourth-order valence-corrected chi connectivity index (χ4v) is 2.52. The molecule has 0 unspecified atom stereocenters. The van der Waals surface area contributed by atoms with Crippen LogP contribution in [0.15, 0.2) is 18.2 Å². The van der Waals surface area contributed by atoms with Gasteiger partial charge >= 0.3 is 0 Å². The molecule has 1 nitrogen and oxygen atoms in total. The molecule has 0 aliphatic heterocycles. The molecule has 17 heavy (non-hydrogen) atoms. The molecule has 0 saturated carbocycles. The minimum absolute atomic E-state index is 0. The van der Waals surface area contributed by atoms with Crippen molar-refractivity contribution in [2.24, 2.45) is 0 Å². The minimum atomic E-state index is 0. The molecular weight excluding hydrogens is 323 g/mol. The Labute approximate surface area is 128 Å². The summed E-state index contributed by atoms with van der Waals surface area (Å²) in [5.41, 5.74) is 1.08. The molecular formula is C11H14Cl5N. The molecule has 1 rings (SSSR count). The van der Waals surface area contributed by atoms with E-state index in [-0.39, 0.29) is 12.4 Å². The standard InChI is InChI=1S/C11H13Cl4N.ClH/c12-1-3-16(4-2-13)8-9-5-10(14)7-11(15)6-9;/h5-7H,1-4,8H2;1H. The molecule has 0 heterocycles. The molecule has 6 heteroatoms. The Morgan fingerprint density at radius 3 is 1.76 bits per heavy atom. The first-order valence-corrected chi connectivity index (χ1v) is 6.77. The Kier molecular flexibility index (Phi) is 9.90. The van der Waals surface area contributed by atoms with Gasteiger partial charge in [0.25, 0.3) is 0 Å². The second-order valence-corrected chi connectivity index (χ2v) is 5.06. The van der Waals surface area contributed by atoms with Gasteiger partial charge in [0.2, 0.25) is 0 Å². The maximum atomic E-state index is 5.93. The van der Waals surface area contributed by atoms with Gasteiger partial charge in [-0.25, -0.2) is 0 Å². The topological polar surface area (TPSA) is 3.24 Å². The second-order valence-electron chi connectivity index (χ2n) is 3.43. The van der Waals surface area contributed by atoms with Crippen LogP contribution < -0.4 is 0 Å². The van der Waals surface area contributed by atoms with Crippen LogP contribution in [0.25, 0.3) is 0 Å². The van der Waals surface area contributed by atoms with Gasteiger partial charge in [-0.05, 0) is 23.8 Å². The molecule has 0 N–H and O–H groups in total. The lowest BCUT2D eigenvalue weighted by atomic mass is 10.2. The molecule has 0 aliphatic rings. The van der Waals surface area contributed by atoms with E-state index in [0.717, 1.165) is 25.2 Å². The zero-order valence-electron chi connectivity index (χ0n) is 9.13. The minimum Gasteiger partial charge on any atom is -0.297 e. The molecule has 1 aromatic rings. The van der Waals surface area contributed by atoms with E-state index >= 15 is 0 Å². The van der Waals surface area contributed by atoms with Crippen LogP contribution in [0.4, 0.5) is 0 Å². The highest BCUT2D eigenvalue weighted by Crippen LogP contribution is 2.20. The molecule has 0 amide bonds. The van der Waals surface area contributed by atoms with Crippen LogP contribution in [-0.2, 0) is 6.54 Å². The van der Waals surface area contributed by atoms with Crippen molar-refractivity contribution in [3.8, 4) is 0 Å². The molecule has 0 fully saturated rings. The van der Waals surface area contributed by atoms with E-state index < -0.39 is 0 Å². The highest BCUT2D eigenvalue weighted by molar-refractivity contribution is 6.34. The second kappa shape index (κ2) is 9.55. The Bertz CT molecular complexity index is 305. The monoisotopic (exact) mass is 335 g/mol. The van der Waals surface area contributed by atoms with Gasteiger partial charge in [0.05, 0.1) is 0 Å². The number of halogens is 5. The lowest BCUT2D eigenvalue weighted by Crippen LogP contribution is -2.27. The summed E-state index contributed by atoms with van der Waals surface area (Å²) in [5, 5.41) is 1.30. The zero-order valence-corrected chi connectivity index (χ0v) is 13.0. The SMILES string of the molecule is Cl.ClCCN(CCCl)Cc1cc(Cl)cc(Cl)c1. The van der Waals surface area contributed by atoms with Crippen molar-refractivity contribution in [2.75, 3.05) is 24.8 Å². The average molecular weight is 338 g/mol. The Morgan fingerprint density at radius 2 is 1.35 bits per heavy atom. The number of alkyl halides is 2. The lowest BCUT2D eigenvalue weighted by Gasteiger charge is -2.20. The third-order valence-corrected chi connectivity index (χ3v) is 2.90. The first-order valence-electron chi connectivity index (χ1n) is 4.95. The third-order valence-electron chi connectivity index (χ3n) is 2.13. The molecule has 1 aromatic carbocycles. The molecule has 0 atom stereocenters. The van der Waals surface area contributed by atoms with E-state index in [2.05, 4.69) is 4.90 Å². The molecule has 98 valence electrons. The van der Waals surface area contributed by atoms with Crippen molar-refractivity contribution in [3.05, 3.63) is 33.8 Å². The summed E-state index contributed by atoms with van der Waals surface area (Å²) in [6, 6.07) is 5.53. The highest BCUT2D eigenvalue weighted by atomic mass is 35.5. The molecule has 0 spiro atoms. The maximum absolute atomic E-state index is 5.93. The number of nitrogens with zero attached hydrogens (tertiary/aromatic N) is 1. The number of rotatable bonds is 6. The van der Waals surface area contributed by atoms with Crippen LogP contribution in [-0.4, -0.2) is 29.7 Å². The molecule has 0 aliphatic carbocycles. The van der Waals surface area contributed by atoms with E-state index in [9.17, 15) is 0 Å². The van der Waals surface area contributed by atoms with E-state index in [1.807, 2.05) is 12.1 Å². The van der Waals surface area contributed by atoms with Gasteiger partial charge < -0.3 is 0 Å². The molecule has 0 aromatic heterocycles. The fraction of sp³-hybridized carbons (Fsp3) is 0.455. The van der Waals surface area contributed by atoms with Crippen LogP contribution in [0, 0.1) is 0 Å². The summed E-state index contributed by atoms with van der Waals surface area (Å²) in [5.74, 6) is 1.18. The van der Waals surface area contributed by atoms with E-state index in [0.29, 0.717) is 21.8 Å². The Hall–Kier alpha value is 0.630. The van der Waals surface area contributed by atoms with Crippen molar-refractivity contribution < 1.29 is 0 Å². The first kappa shape index (κ1) is 17.6. The van der Waals surface area contributed by atoms with Crippen LogP contribution in [0.2, 0.25) is 10.0 Å². The number of hydrogen-bond acceptors (Lipinski definition) is 1. The smallest absolute Gasteiger partial charge is 0.0424 e. The van der Waals surface area contributed by atoms with Crippen LogP contribution in [0.5, 0.6) is 0 Å². The van der Waals surface area contributed by atoms with Gasteiger partial charge in [-0.3, -0.25) is 4.90 Å². The largest absolute Gasteiger partial charge is 0.297 e. The lowest BCUT2D eigenvalue weighted by molar-refractivity contribution is 0.299. The Balaban J connectivity index is 0.00000256. The number of benzene rings is 1. The summed E-state index contributed by atoms with van der Waals surface area (Å²) >= 11 is 23.3. The van der Waals surface area contributed by atoms with Gasteiger partial charge in [0.1, 0.15) is 0 Å². The van der Waals surface area contributed by atoms with Crippen molar-refractivity contribution in [3.63, 3.8) is 0 Å². The van der Waals surface area contributed by atoms with Crippen molar-refractivity contribution >= 4 is 58.8 Å². The van der Waals surface area contributed by atoms with E-state index in [1.54, 1.807) is 6.07 Å². The van der Waals surface area contributed by atoms with E-state index in [1.165, 1.54) is 0 Å². The summed E-state index contributed by atoms with van der Waals surface area (Å²) in [7, 11) is 0. The van der Waals surface area contributed by atoms with Crippen molar-refractivity contribution in [1.82, 2.24) is 4.90 Å². The average Bonchev–Trinajstić information content (AvgIpc) is 2.16. The van der Waals surface area contributed by atoms with Crippen molar-refractivity contribution in [2.45, 2.75) is 6.54 Å². The van der Waals surface area contributed by atoms with Gasteiger partial charge in [-0.2, -0.15) is 0 Å². The summed E-state index contributed by atoms with van der Waals surface area (Å²) in [6.45, 7) is 2.37. The normalized spacial score (nSPS) is 10.4. The maximum Gasteiger partial charge on any atom is 0.0424 e. The summed E-state index contributed by atoms with van der Waals surface area (Å²) in [6.07, 6.45) is 0. The fourth-order valence-electron chi connectivity index (χ4n) is 1.47.